The standard InChI is InChI=1S/C13H10FN3O/c14-11-7-10(12-15-13(18)17-16-12)6-5-9(11)4-3-8-1-2-8/h5-8H,1-2H2,(H2,15,16,17,18). The molecule has 0 bridgehead atoms. The predicted molar refractivity (Wildman–Crippen MR) is 64.2 cm³/mol. The number of nitrogens with zero attached hydrogens (tertiary/aromatic N) is 1. The van der Waals surface area contributed by atoms with Crippen molar-refractivity contribution in [3.8, 4) is 23.2 Å². The van der Waals surface area contributed by atoms with E-state index < -0.39 is 11.5 Å². The van der Waals surface area contributed by atoms with Gasteiger partial charge in [-0.05, 0) is 31.0 Å². The summed E-state index contributed by atoms with van der Waals surface area (Å²) < 4.78 is 13.8. The van der Waals surface area contributed by atoms with E-state index in [2.05, 4.69) is 27.0 Å². The molecule has 0 radical (unpaired) electrons. The van der Waals surface area contributed by atoms with Gasteiger partial charge in [0.05, 0.1) is 5.56 Å². The van der Waals surface area contributed by atoms with Gasteiger partial charge in [-0.3, -0.25) is 4.98 Å². The molecular formula is C13H10FN3O. The number of aromatic nitrogens is 3. The maximum absolute atomic E-state index is 13.8. The van der Waals surface area contributed by atoms with Crippen LogP contribution in [0.4, 0.5) is 4.39 Å². The van der Waals surface area contributed by atoms with Crippen molar-refractivity contribution in [3.05, 3.63) is 40.1 Å². The minimum absolute atomic E-state index is 0.320. The van der Waals surface area contributed by atoms with Gasteiger partial charge in [0.25, 0.3) is 0 Å². The molecule has 18 heavy (non-hydrogen) atoms. The number of hydrogen-bond donors (Lipinski definition) is 2. The molecule has 1 fully saturated rings. The summed E-state index contributed by atoms with van der Waals surface area (Å²) in [4.78, 5) is 13.4. The van der Waals surface area contributed by atoms with Crippen LogP contribution in [0.2, 0.25) is 0 Å². The van der Waals surface area contributed by atoms with E-state index in [1.54, 1.807) is 12.1 Å². The fraction of sp³-hybridized carbons (Fsp3) is 0.231. The quantitative estimate of drug-likeness (QED) is 0.748. The molecule has 1 aliphatic carbocycles. The summed E-state index contributed by atoms with van der Waals surface area (Å²) in [5, 5.41) is 5.98. The van der Waals surface area contributed by atoms with Crippen molar-refractivity contribution in [2.75, 3.05) is 0 Å². The summed E-state index contributed by atoms with van der Waals surface area (Å²) >= 11 is 0. The lowest BCUT2D eigenvalue weighted by atomic mass is 10.1. The van der Waals surface area contributed by atoms with E-state index in [4.69, 9.17) is 0 Å². The molecule has 5 heteroatoms. The minimum atomic E-state index is -0.414. The van der Waals surface area contributed by atoms with Crippen LogP contribution >= 0.6 is 0 Å². The van der Waals surface area contributed by atoms with Gasteiger partial charge >= 0.3 is 5.69 Å². The van der Waals surface area contributed by atoms with Gasteiger partial charge in [0, 0.05) is 11.5 Å². The number of aromatic amines is 2. The van der Waals surface area contributed by atoms with Gasteiger partial charge in [0.15, 0.2) is 5.82 Å². The molecule has 0 atom stereocenters. The molecule has 1 aromatic heterocycles. The van der Waals surface area contributed by atoms with Crippen LogP contribution in [0, 0.1) is 23.6 Å². The first kappa shape index (κ1) is 10.8. The molecule has 3 rings (SSSR count). The molecule has 1 aliphatic rings. The molecule has 1 heterocycles. The topological polar surface area (TPSA) is 61.5 Å². The lowest BCUT2D eigenvalue weighted by molar-refractivity contribution is 0.624. The Bertz CT molecular complexity index is 701. The third-order valence-corrected chi connectivity index (χ3v) is 2.73. The van der Waals surface area contributed by atoms with Gasteiger partial charge < -0.3 is 0 Å². The fourth-order valence-electron chi connectivity index (χ4n) is 1.58. The average molecular weight is 243 g/mol. The number of nitrogens with one attached hydrogen (secondary N) is 2. The van der Waals surface area contributed by atoms with E-state index in [1.807, 2.05) is 0 Å². The summed E-state index contributed by atoms with van der Waals surface area (Å²) in [6.07, 6.45) is 2.22. The molecule has 0 saturated heterocycles. The monoisotopic (exact) mass is 243 g/mol. The Labute approximate surface area is 102 Å². The molecule has 2 aromatic rings. The molecule has 4 nitrogen and oxygen atoms in total. The minimum Gasteiger partial charge on any atom is -0.289 e. The first-order valence-corrected chi connectivity index (χ1v) is 5.68. The Hall–Kier alpha value is -2.35. The summed E-state index contributed by atoms with van der Waals surface area (Å²) in [6.45, 7) is 0. The van der Waals surface area contributed by atoms with Crippen LogP contribution < -0.4 is 5.69 Å². The highest BCUT2D eigenvalue weighted by atomic mass is 19.1. The van der Waals surface area contributed by atoms with E-state index >= 15 is 0 Å². The molecule has 0 amide bonds. The third kappa shape index (κ3) is 2.18. The van der Waals surface area contributed by atoms with E-state index in [1.165, 1.54) is 6.07 Å². The van der Waals surface area contributed by atoms with Gasteiger partial charge in [-0.1, -0.05) is 11.8 Å². The zero-order valence-corrected chi connectivity index (χ0v) is 9.46. The summed E-state index contributed by atoms with van der Waals surface area (Å²) in [7, 11) is 0. The number of halogens is 1. The van der Waals surface area contributed by atoms with Crippen molar-refractivity contribution >= 4 is 0 Å². The van der Waals surface area contributed by atoms with E-state index in [-0.39, 0.29) is 0 Å². The third-order valence-electron chi connectivity index (χ3n) is 2.73. The van der Waals surface area contributed by atoms with E-state index in [9.17, 15) is 9.18 Å². The van der Waals surface area contributed by atoms with Crippen molar-refractivity contribution in [3.63, 3.8) is 0 Å². The SMILES string of the molecule is O=c1[nH]nc(-c2ccc(C#CC3CC3)c(F)c2)[nH]1. The zero-order chi connectivity index (χ0) is 12.5. The normalized spacial score (nSPS) is 14.1. The molecule has 0 aliphatic heterocycles. The summed E-state index contributed by atoms with van der Waals surface area (Å²) in [5.41, 5.74) is 0.481. The van der Waals surface area contributed by atoms with Crippen molar-refractivity contribution < 1.29 is 4.39 Å². The van der Waals surface area contributed by atoms with Crippen molar-refractivity contribution in [1.82, 2.24) is 15.2 Å². The predicted octanol–water partition coefficient (Wildman–Crippen LogP) is 1.67. The van der Waals surface area contributed by atoms with Crippen LogP contribution in [-0.2, 0) is 0 Å². The Balaban J connectivity index is 1.93. The second-order valence-electron chi connectivity index (χ2n) is 4.26. The highest BCUT2D eigenvalue weighted by molar-refractivity contribution is 5.56. The highest BCUT2D eigenvalue weighted by Crippen LogP contribution is 2.27. The summed E-state index contributed by atoms with van der Waals surface area (Å²) in [6, 6.07) is 4.61. The van der Waals surface area contributed by atoms with Gasteiger partial charge in [0.2, 0.25) is 0 Å². The zero-order valence-electron chi connectivity index (χ0n) is 9.46. The molecule has 90 valence electrons. The number of benzene rings is 1. The van der Waals surface area contributed by atoms with Gasteiger partial charge in [0.1, 0.15) is 5.82 Å². The lowest BCUT2D eigenvalue weighted by Crippen LogP contribution is -2.00. The maximum Gasteiger partial charge on any atom is 0.340 e. The molecular weight excluding hydrogens is 233 g/mol. The van der Waals surface area contributed by atoms with E-state index in [0.29, 0.717) is 22.9 Å². The molecule has 2 N–H and O–H groups in total. The van der Waals surface area contributed by atoms with Gasteiger partial charge in [-0.2, -0.15) is 5.10 Å². The molecule has 0 spiro atoms. The van der Waals surface area contributed by atoms with Gasteiger partial charge in [-0.15, -0.1) is 0 Å². The largest absolute Gasteiger partial charge is 0.340 e. The van der Waals surface area contributed by atoms with Crippen molar-refractivity contribution in [2.45, 2.75) is 12.8 Å². The van der Waals surface area contributed by atoms with Crippen LogP contribution in [0.15, 0.2) is 23.0 Å². The van der Waals surface area contributed by atoms with Crippen molar-refractivity contribution in [1.29, 1.82) is 0 Å². The first-order chi connectivity index (χ1) is 8.72. The Morgan fingerprint density at radius 2 is 2.22 bits per heavy atom. The first-order valence-electron chi connectivity index (χ1n) is 5.68. The number of hydrogen-bond acceptors (Lipinski definition) is 2. The van der Waals surface area contributed by atoms with Crippen LogP contribution in [-0.4, -0.2) is 15.2 Å². The van der Waals surface area contributed by atoms with Crippen molar-refractivity contribution in [2.24, 2.45) is 5.92 Å². The molecule has 1 aromatic carbocycles. The van der Waals surface area contributed by atoms with E-state index in [0.717, 1.165) is 12.8 Å². The van der Waals surface area contributed by atoms with Gasteiger partial charge in [-0.25, -0.2) is 14.3 Å². The summed E-state index contributed by atoms with van der Waals surface area (Å²) in [5.74, 6) is 6.20. The fourth-order valence-corrected chi connectivity index (χ4v) is 1.58. The highest BCUT2D eigenvalue weighted by Gasteiger charge is 2.18. The average Bonchev–Trinajstić information content (AvgIpc) is 3.08. The molecule has 1 saturated carbocycles. The number of H-pyrrole nitrogens is 2. The Kier molecular flexibility index (Phi) is 2.49. The van der Waals surface area contributed by atoms with Crippen LogP contribution in [0.25, 0.3) is 11.4 Å². The Morgan fingerprint density at radius 3 is 2.83 bits per heavy atom. The van der Waals surface area contributed by atoms with Crippen LogP contribution in [0.5, 0.6) is 0 Å². The molecule has 0 unspecified atom stereocenters. The van der Waals surface area contributed by atoms with Crippen LogP contribution in [0.1, 0.15) is 18.4 Å². The second kappa shape index (κ2) is 4.15. The van der Waals surface area contributed by atoms with Crippen LogP contribution in [0.3, 0.4) is 0 Å². The second-order valence-corrected chi connectivity index (χ2v) is 4.26. The lowest BCUT2D eigenvalue weighted by Gasteiger charge is -1.98. The smallest absolute Gasteiger partial charge is 0.289 e. The Morgan fingerprint density at radius 1 is 1.39 bits per heavy atom. The maximum atomic E-state index is 13.8. The number of rotatable bonds is 1.